The fourth-order valence-corrected chi connectivity index (χ4v) is 1.28. The minimum atomic E-state index is -0.460. The molecule has 0 aliphatic heterocycles. The van der Waals surface area contributed by atoms with Gasteiger partial charge in [-0.05, 0) is 26.3 Å². The first-order chi connectivity index (χ1) is 7.00. The molecule has 0 bridgehead atoms. The maximum atomic E-state index is 11.4. The molecule has 3 N–H and O–H groups in total. The highest BCUT2D eigenvalue weighted by Crippen LogP contribution is 2.12. The van der Waals surface area contributed by atoms with Crippen LogP contribution in [0.2, 0.25) is 0 Å². The van der Waals surface area contributed by atoms with Gasteiger partial charge in [-0.3, -0.25) is 4.79 Å². The number of carbonyl (C=O) groups is 1. The molecule has 3 nitrogen and oxygen atoms in total. The van der Waals surface area contributed by atoms with Gasteiger partial charge in [0.2, 0.25) is 5.91 Å². The summed E-state index contributed by atoms with van der Waals surface area (Å²) in [4.78, 5) is 11.4. The highest BCUT2D eigenvalue weighted by Gasteiger charge is 2.11. The number of rotatable bonds is 3. The van der Waals surface area contributed by atoms with Crippen molar-refractivity contribution in [2.24, 2.45) is 5.73 Å². The number of nitrogens with one attached hydrogen (secondary N) is 1. The van der Waals surface area contributed by atoms with Gasteiger partial charge >= 0.3 is 0 Å². The van der Waals surface area contributed by atoms with E-state index in [0.717, 1.165) is 5.56 Å². The van der Waals surface area contributed by atoms with Gasteiger partial charge in [0.05, 0.1) is 12.1 Å². The summed E-state index contributed by atoms with van der Waals surface area (Å²) in [5.74, 6) is -0.122. The maximum Gasteiger partial charge on any atom is 0.237 e. The largest absolute Gasteiger partial charge is 0.348 e. The fraction of sp³-hybridized carbons (Fsp3) is 0.417. The van der Waals surface area contributed by atoms with Crippen molar-refractivity contribution in [1.29, 1.82) is 0 Å². The van der Waals surface area contributed by atoms with Crippen LogP contribution in [0.5, 0.6) is 0 Å². The molecule has 3 heteroatoms. The second-order valence-corrected chi connectivity index (χ2v) is 3.93. The average molecular weight is 206 g/mol. The lowest BCUT2D eigenvalue weighted by atomic mass is 10.1. The standard InChI is InChI=1S/C12H18N2O/c1-8-4-6-11(7-5-8)10(3)14-12(15)9(2)13/h4-7,9-10H,13H2,1-3H3,(H,14,15)/t9-,10-/m1/s1. The zero-order valence-electron chi connectivity index (χ0n) is 9.45. The SMILES string of the molecule is Cc1ccc([C@@H](C)NC(=O)[C@@H](C)N)cc1. The predicted molar refractivity (Wildman–Crippen MR) is 61.4 cm³/mol. The minimum absolute atomic E-state index is 0.00380. The second kappa shape index (κ2) is 4.94. The molecular formula is C12H18N2O. The number of aryl methyl sites for hydroxylation is 1. The average Bonchev–Trinajstić information content (AvgIpc) is 2.18. The van der Waals surface area contributed by atoms with Crippen molar-refractivity contribution in [3.63, 3.8) is 0 Å². The van der Waals surface area contributed by atoms with Gasteiger partial charge in [-0.1, -0.05) is 29.8 Å². The molecule has 1 rings (SSSR count). The first-order valence-electron chi connectivity index (χ1n) is 5.13. The number of hydrogen-bond donors (Lipinski definition) is 2. The summed E-state index contributed by atoms with van der Waals surface area (Å²) >= 11 is 0. The van der Waals surface area contributed by atoms with Crippen LogP contribution in [0.3, 0.4) is 0 Å². The molecule has 0 saturated heterocycles. The molecule has 1 aromatic rings. The lowest BCUT2D eigenvalue weighted by Gasteiger charge is -2.16. The van der Waals surface area contributed by atoms with Gasteiger partial charge in [0, 0.05) is 0 Å². The van der Waals surface area contributed by atoms with Crippen molar-refractivity contribution in [2.75, 3.05) is 0 Å². The number of benzene rings is 1. The molecule has 1 amide bonds. The van der Waals surface area contributed by atoms with Crippen LogP contribution in [-0.2, 0) is 4.79 Å². The van der Waals surface area contributed by atoms with Crippen LogP contribution in [0, 0.1) is 6.92 Å². The summed E-state index contributed by atoms with van der Waals surface area (Å²) in [6.45, 7) is 5.66. The number of amides is 1. The van der Waals surface area contributed by atoms with Crippen LogP contribution in [0.15, 0.2) is 24.3 Å². The molecule has 0 saturated carbocycles. The van der Waals surface area contributed by atoms with E-state index in [9.17, 15) is 4.79 Å². The zero-order chi connectivity index (χ0) is 11.4. The minimum Gasteiger partial charge on any atom is -0.348 e. The quantitative estimate of drug-likeness (QED) is 0.787. The molecule has 1 aromatic carbocycles. The van der Waals surface area contributed by atoms with Gasteiger partial charge in [-0.25, -0.2) is 0 Å². The molecule has 0 aliphatic rings. The molecule has 0 radical (unpaired) electrons. The van der Waals surface area contributed by atoms with Crippen molar-refractivity contribution < 1.29 is 4.79 Å². The van der Waals surface area contributed by atoms with Gasteiger partial charge in [-0.15, -0.1) is 0 Å². The van der Waals surface area contributed by atoms with Gasteiger partial charge in [0.1, 0.15) is 0 Å². The van der Waals surface area contributed by atoms with Crippen LogP contribution in [-0.4, -0.2) is 11.9 Å². The molecule has 0 unspecified atom stereocenters. The van der Waals surface area contributed by atoms with E-state index < -0.39 is 6.04 Å². The Hall–Kier alpha value is -1.35. The van der Waals surface area contributed by atoms with E-state index in [1.54, 1.807) is 6.92 Å². The highest BCUT2D eigenvalue weighted by molar-refractivity contribution is 5.81. The van der Waals surface area contributed by atoms with Gasteiger partial charge in [-0.2, -0.15) is 0 Å². The van der Waals surface area contributed by atoms with Crippen molar-refractivity contribution in [2.45, 2.75) is 32.9 Å². The van der Waals surface area contributed by atoms with Crippen molar-refractivity contribution in [1.82, 2.24) is 5.32 Å². The molecule has 0 aromatic heterocycles. The fourth-order valence-electron chi connectivity index (χ4n) is 1.28. The number of carbonyl (C=O) groups excluding carboxylic acids is 1. The second-order valence-electron chi connectivity index (χ2n) is 3.93. The first kappa shape index (κ1) is 11.7. The normalized spacial score (nSPS) is 14.4. The van der Waals surface area contributed by atoms with E-state index in [1.807, 2.05) is 38.1 Å². The molecule has 0 fully saturated rings. The summed E-state index contributed by atoms with van der Waals surface area (Å²) in [6.07, 6.45) is 0. The summed E-state index contributed by atoms with van der Waals surface area (Å²) in [6, 6.07) is 7.64. The topological polar surface area (TPSA) is 55.1 Å². The number of nitrogens with two attached hydrogens (primary N) is 1. The van der Waals surface area contributed by atoms with Crippen molar-refractivity contribution >= 4 is 5.91 Å². The third kappa shape index (κ3) is 3.36. The van der Waals surface area contributed by atoms with Crippen LogP contribution in [0.4, 0.5) is 0 Å². The Kier molecular flexibility index (Phi) is 3.86. The monoisotopic (exact) mass is 206 g/mol. The van der Waals surface area contributed by atoms with Crippen molar-refractivity contribution in [3.8, 4) is 0 Å². The van der Waals surface area contributed by atoms with E-state index in [0.29, 0.717) is 0 Å². The third-order valence-corrected chi connectivity index (χ3v) is 2.35. The molecule has 0 aliphatic carbocycles. The molecule has 0 spiro atoms. The van der Waals surface area contributed by atoms with Gasteiger partial charge in [0.15, 0.2) is 0 Å². The van der Waals surface area contributed by atoms with Crippen LogP contribution >= 0.6 is 0 Å². The Morgan fingerprint density at radius 3 is 2.27 bits per heavy atom. The van der Waals surface area contributed by atoms with Gasteiger partial charge < -0.3 is 11.1 Å². The molecule has 82 valence electrons. The molecule has 15 heavy (non-hydrogen) atoms. The molecule has 2 atom stereocenters. The van der Waals surface area contributed by atoms with E-state index in [1.165, 1.54) is 5.56 Å². The lowest BCUT2D eigenvalue weighted by molar-refractivity contribution is -0.122. The van der Waals surface area contributed by atoms with Crippen LogP contribution in [0.1, 0.15) is 31.0 Å². The highest BCUT2D eigenvalue weighted by atomic mass is 16.2. The Morgan fingerprint density at radius 2 is 1.80 bits per heavy atom. The summed E-state index contributed by atoms with van der Waals surface area (Å²) < 4.78 is 0. The van der Waals surface area contributed by atoms with E-state index in [-0.39, 0.29) is 11.9 Å². The first-order valence-corrected chi connectivity index (χ1v) is 5.13. The van der Waals surface area contributed by atoms with E-state index in [2.05, 4.69) is 5.32 Å². The Labute approximate surface area is 90.7 Å². The van der Waals surface area contributed by atoms with Gasteiger partial charge in [0.25, 0.3) is 0 Å². The predicted octanol–water partition coefficient (Wildman–Crippen LogP) is 1.52. The lowest BCUT2D eigenvalue weighted by Crippen LogP contribution is -2.39. The molecule has 0 heterocycles. The molecular weight excluding hydrogens is 188 g/mol. The zero-order valence-corrected chi connectivity index (χ0v) is 9.45. The van der Waals surface area contributed by atoms with Crippen molar-refractivity contribution in [3.05, 3.63) is 35.4 Å². The summed E-state index contributed by atoms with van der Waals surface area (Å²) in [5.41, 5.74) is 7.78. The number of hydrogen-bond acceptors (Lipinski definition) is 2. The summed E-state index contributed by atoms with van der Waals surface area (Å²) in [5, 5.41) is 2.85. The summed E-state index contributed by atoms with van der Waals surface area (Å²) in [7, 11) is 0. The van der Waals surface area contributed by atoms with E-state index >= 15 is 0 Å². The third-order valence-electron chi connectivity index (χ3n) is 2.35. The van der Waals surface area contributed by atoms with E-state index in [4.69, 9.17) is 5.73 Å². The Balaban J connectivity index is 2.65. The van der Waals surface area contributed by atoms with Crippen LogP contribution < -0.4 is 11.1 Å². The smallest absolute Gasteiger partial charge is 0.237 e. The maximum absolute atomic E-state index is 11.4. The van der Waals surface area contributed by atoms with Crippen LogP contribution in [0.25, 0.3) is 0 Å². The Bertz CT molecular complexity index is 330. The Morgan fingerprint density at radius 1 is 1.27 bits per heavy atom.